The fraction of sp³-hybridized carbons (Fsp3) is 0.667. The van der Waals surface area contributed by atoms with Gasteiger partial charge in [-0.15, -0.1) is 0 Å². The van der Waals surface area contributed by atoms with Crippen LogP contribution < -0.4 is 5.73 Å². The van der Waals surface area contributed by atoms with E-state index in [1.54, 1.807) is 0 Å². The van der Waals surface area contributed by atoms with Crippen LogP contribution in [0, 0.1) is 5.41 Å². The van der Waals surface area contributed by atoms with Crippen LogP contribution in [0.3, 0.4) is 0 Å². The highest BCUT2D eigenvalue weighted by Crippen LogP contribution is 2.32. The minimum Gasteiger partial charge on any atom is -0.377 e. The van der Waals surface area contributed by atoms with Gasteiger partial charge in [-0.1, -0.05) is 51.1 Å². The molecule has 2 atom stereocenters. The number of likely N-dealkylation sites (N-methyl/N-ethyl adjacent to an activating group) is 1. The average Bonchev–Trinajstić information content (AvgIpc) is 2.99. The Hall–Kier alpha value is -0.900. The highest BCUT2D eigenvalue weighted by Gasteiger charge is 2.30. The number of benzene rings is 1. The molecule has 1 aromatic carbocycles. The Bertz CT molecular complexity index is 412. The predicted octanol–water partition coefficient (Wildman–Crippen LogP) is 3.21. The molecule has 1 aliphatic heterocycles. The summed E-state index contributed by atoms with van der Waals surface area (Å²) in [4.78, 5) is 2.48. The van der Waals surface area contributed by atoms with Gasteiger partial charge in [-0.25, -0.2) is 0 Å². The van der Waals surface area contributed by atoms with Gasteiger partial charge < -0.3 is 15.4 Å². The molecule has 1 saturated heterocycles. The summed E-state index contributed by atoms with van der Waals surface area (Å²) in [5.41, 5.74) is 7.78. The van der Waals surface area contributed by atoms with Crippen LogP contribution in [0.1, 0.15) is 45.2 Å². The topological polar surface area (TPSA) is 38.5 Å². The van der Waals surface area contributed by atoms with Crippen molar-refractivity contribution in [3.8, 4) is 0 Å². The number of ether oxygens (including phenoxy) is 1. The van der Waals surface area contributed by atoms with Crippen molar-refractivity contribution in [2.45, 2.75) is 45.8 Å². The SMILES string of the molecule is CCN(CC1CCCO1)CC(C)(C)C(N)c1ccccc1. The molecule has 2 N–H and O–H groups in total. The number of nitrogens with zero attached hydrogens (tertiary/aromatic N) is 1. The molecular formula is C18H30N2O. The van der Waals surface area contributed by atoms with Crippen LogP contribution in [0.4, 0.5) is 0 Å². The van der Waals surface area contributed by atoms with E-state index in [-0.39, 0.29) is 11.5 Å². The summed E-state index contributed by atoms with van der Waals surface area (Å²) in [6, 6.07) is 10.5. The molecule has 0 aromatic heterocycles. The molecule has 0 saturated carbocycles. The maximum Gasteiger partial charge on any atom is 0.0702 e. The lowest BCUT2D eigenvalue weighted by molar-refractivity contribution is 0.0569. The van der Waals surface area contributed by atoms with Crippen LogP contribution in [0.25, 0.3) is 0 Å². The van der Waals surface area contributed by atoms with E-state index in [4.69, 9.17) is 10.5 Å². The van der Waals surface area contributed by atoms with Crippen molar-refractivity contribution in [2.75, 3.05) is 26.2 Å². The van der Waals surface area contributed by atoms with E-state index in [1.165, 1.54) is 18.4 Å². The first kappa shape index (κ1) is 16.5. The van der Waals surface area contributed by atoms with E-state index in [1.807, 2.05) is 6.07 Å². The largest absolute Gasteiger partial charge is 0.377 e. The Morgan fingerprint density at radius 3 is 2.62 bits per heavy atom. The quantitative estimate of drug-likeness (QED) is 0.838. The minimum absolute atomic E-state index is 0.0377. The van der Waals surface area contributed by atoms with E-state index in [0.717, 1.165) is 26.2 Å². The van der Waals surface area contributed by atoms with Crippen molar-refractivity contribution >= 4 is 0 Å². The molecule has 0 aliphatic carbocycles. The van der Waals surface area contributed by atoms with Gasteiger partial charge in [-0.05, 0) is 30.4 Å². The van der Waals surface area contributed by atoms with Crippen LogP contribution in [-0.4, -0.2) is 37.2 Å². The molecule has 3 heteroatoms. The molecule has 1 aromatic rings. The summed E-state index contributed by atoms with van der Waals surface area (Å²) in [7, 11) is 0. The molecule has 1 aliphatic rings. The smallest absolute Gasteiger partial charge is 0.0702 e. The first-order valence-electron chi connectivity index (χ1n) is 8.17. The van der Waals surface area contributed by atoms with Gasteiger partial charge in [0.15, 0.2) is 0 Å². The Morgan fingerprint density at radius 1 is 1.33 bits per heavy atom. The Kier molecular flexibility index (Phi) is 5.80. The third-order valence-electron chi connectivity index (χ3n) is 4.56. The third kappa shape index (κ3) is 4.53. The highest BCUT2D eigenvalue weighted by atomic mass is 16.5. The van der Waals surface area contributed by atoms with E-state index in [2.05, 4.69) is 49.9 Å². The second-order valence-corrected chi connectivity index (χ2v) is 6.84. The van der Waals surface area contributed by atoms with Crippen molar-refractivity contribution < 1.29 is 4.74 Å². The van der Waals surface area contributed by atoms with Gasteiger partial charge in [0, 0.05) is 25.7 Å². The van der Waals surface area contributed by atoms with E-state index < -0.39 is 0 Å². The molecular weight excluding hydrogens is 260 g/mol. The zero-order valence-corrected chi connectivity index (χ0v) is 13.7. The molecule has 1 heterocycles. The lowest BCUT2D eigenvalue weighted by Gasteiger charge is -2.37. The zero-order valence-electron chi connectivity index (χ0n) is 13.7. The second-order valence-electron chi connectivity index (χ2n) is 6.84. The van der Waals surface area contributed by atoms with Crippen LogP contribution >= 0.6 is 0 Å². The summed E-state index contributed by atoms with van der Waals surface area (Å²) < 4.78 is 5.77. The van der Waals surface area contributed by atoms with E-state index in [0.29, 0.717) is 6.10 Å². The van der Waals surface area contributed by atoms with Gasteiger partial charge >= 0.3 is 0 Å². The van der Waals surface area contributed by atoms with Gasteiger partial charge in [0.1, 0.15) is 0 Å². The second kappa shape index (κ2) is 7.39. The molecule has 0 bridgehead atoms. The maximum atomic E-state index is 6.53. The van der Waals surface area contributed by atoms with Crippen LogP contribution in [0.15, 0.2) is 30.3 Å². The van der Waals surface area contributed by atoms with Crippen molar-refractivity contribution in [1.82, 2.24) is 4.90 Å². The predicted molar refractivity (Wildman–Crippen MR) is 88.2 cm³/mol. The lowest BCUT2D eigenvalue weighted by atomic mass is 9.80. The van der Waals surface area contributed by atoms with Crippen LogP contribution in [0.5, 0.6) is 0 Å². The summed E-state index contributed by atoms with van der Waals surface area (Å²) in [5, 5.41) is 0. The molecule has 21 heavy (non-hydrogen) atoms. The molecule has 2 unspecified atom stereocenters. The van der Waals surface area contributed by atoms with Gasteiger partial charge in [0.05, 0.1) is 6.10 Å². The Labute approximate surface area is 129 Å². The standard InChI is InChI=1S/C18H30N2O/c1-4-20(13-16-11-8-12-21-16)14-18(2,3)17(19)15-9-6-5-7-10-15/h5-7,9-10,16-17H,4,8,11-14,19H2,1-3H3. The normalized spacial score (nSPS) is 20.9. The highest BCUT2D eigenvalue weighted by molar-refractivity contribution is 5.20. The first-order valence-corrected chi connectivity index (χ1v) is 8.17. The monoisotopic (exact) mass is 290 g/mol. The molecule has 0 radical (unpaired) electrons. The fourth-order valence-corrected chi connectivity index (χ4v) is 3.17. The van der Waals surface area contributed by atoms with Gasteiger partial charge in [-0.2, -0.15) is 0 Å². The molecule has 2 rings (SSSR count). The van der Waals surface area contributed by atoms with Crippen LogP contribution in [-0.2, 0) is 4.74 Å². The Morgan fingerprint density at radius 2 is 2.05 bits per heavy atom. The average molecular weight is 290 g/mol. The van der Waals surface area contributed by atoms with E-state index in [9.17, 15) is 0 Å². The molecule has 3 nitrogen and oxygen atoms in total. The lowest BCUT2D eigenvalue weighted by Crippen LogP contribution is -2.43. The zero-order chi connectivity index (χ0) is 15.3. The van der Waals surface area contributed by atoms with Crippen molar-refractivity contribution in [2.24, 2.45) is 11.1 Å². The van der Waals surface area contributed by atoms with Gasteiger partial charge in [-0.3, -0.25) is 0 Å². The van der Waals surface area contributed by atoms with Crippen molar-refractivity contribution in [3.63, 3.8) is 0 Å². The number of hydrogen-bond acceptors (Lipinski definition) is 3. The molecule has 118 valence electrons. The van der Waals surface area contributed by atoms with E-state index >= 15 is 0 Å². The third-order valence-corrected chi connectivity index (χ3v) is 4.56. The molecule has 0 spiro atoms. The fourth-order valence-electron chi connectivity index (χ4n) is 3.17. The number of nitrogens with two attached hydrogens (primary N) is 1. The minimum atomic E-state index is 0.0377. The van der Waals surface area contributed by atoms with Crippen LogP contribution in [0.2, 0.25) is 0 Å². The summed E-state index contributed by atoms with van der Waals surface area (Å²) in [6.45, 7) is 10.8. The molecule has 0 amide bonds. The Balaban J connectivity index is 1.97. The van der Waals surface area contributed by atoms with Crippen molar-refractivity contribution in [1.29, 1.82) is 0 Å². The number of rotatable bonds is 7. The number of hydrogen-bond donors (Lipinski definition) is 1. The van der Waals surface area contributed by atoms with Gasteiger partial charge in [0.2, 0.25) is 0 Å². The summed E-state index contributed by atoms with van der Waals surface area (Å²) in [5.74, 6) is 0. The molecule has 1 fully saturated rings. The maximum absolute atomic E-state index is 6.53. The summed E-state index contributed by atoms with van der Waals surface area (Å²) >= 11 is 0. The first-order chi connectivity index (χ1) is 10.0. The van der Waals surface area contributed by atoms with Crippen molar-refractivity contribution in [3.05, 3.63) is 35.9 Å². The summed E-state index contributed by atoms with van der Waals surface area (Å²) in [6.07, 6.45) is 2.81. The van der Waals surface area contributed by atoms with Gasteiger partial charge in [0.25, 0.3) is 0 Å².